The predicted molar refractivity (Wildman–Crippen MR) is 117 cm³/mol. The molecule has 0 bridgehead atoms. The van der Waals surface area contributed by atoms with E-state index in [-0.39, 0.29) is 5.69 Å². The van der Waals surface area contributed by atoms with E-state index in [2.05, 4.69) is 16.5 Å². The van der Waals surface area contributed by atoms with Crippen LogP contribution in [0.5, 0.6) is 5.75 Å². The molecule has 0 saturated carbocycles. The van der Waals surface area contributed by atoms with Crippen molar-refractivity contribution in [1.29, 1.82) is 0 Å². The van der Waals surface area contributed by atoms with Crippen LogP contribution >= 0.6 is 11.6 Å². The lowest BCUT2D eigenvalue weighted by atomic mass is 10.0. The Bertz CT molecular complexity index is 1280. The molecule has 0 unspecified atom stereocenters. The fourth-order valence-electron chi connectivity index (χ4n) is 3.35. The number of aryl methyl sites for hydroxylation is 3. The van der Waals surface area contributed by atoms with Crippen LogP contribution < -0.4 is 10.4 Å². The second kappa shape index (κ2) is 8.16. The van der Waals surface area contributed by atoms with E-state index in [4.69, 9.17) is 16.3 Å². The van der Waals surface area contributed by atoms with Crippen LogP contribution in [0.2, 0.25) is 5.02 Å². The molecule has 0 spiro atoms. The van der Waals surface area contributed by atoms with Crippen LogP contribution in [-0.4, -0.2) is 19.8 Å². The SMILES string of the molecule is Cc1cc(-c2cccc(Cl)c2)ccc1OCc1c(C)cccc1-n1nnn(C)c1=O. The molecule has 6 nitrogen and oxygen atoms in total. The van der Waals surface area contributed by atoms with Crippen LogP contribution in [0, 0.1) is 13.8 Å². The Morgan fingerprint density at radius 3 is 2.40 bits per heavy atom. The van der Waals surface area contributed by atoms with E-state index in [1.54, 1.807) is 7.05 Å². The van der Waals surface area contributed by atoms with E-state index >= 15 is 0 Å². The van der Waals surface area contributed by atoms with Crippen molar-refractivity contribution in [1.82, 2.24) is 19.8 Å². The Balaban J connectivity index is 1.61. The van der Waals surface area contributed by atoms with Gasteiger partial charge in [0, 0.05) is 17.6 Å². The molecule has 0 aliphatic carbocycles. The van der Waals surface area contributed by atoms with Gasteiger partial charge in [0.15, 0.2) is 0 Å². The molecule has 0 aliphatic rings. The van der Waals surface area contributed by atoms with Gasteiger partial charge in [-0.1, -0.05) is 41.9 Å². The molecule has 0 amide bonds. The van der Waals surface area contributed by atoms with E-state index in [1.165, 1.54) is 9.36 Å². The molecule has 1 heterocycles. The van der Waals surface area contributed by atoms with Gasteiger partial charge in [-0.3, -0.25) is 0 Å². The molecule has 0 saturated heterocycles. The summed E-state index contributed by atoms with van der Waals surface area (Å²) >= 11 is 6.12. The van der Waals surface area contributed by atoms with Gasteiger partial charge in [-0.15, -0.1) is 0 Å². The second-order valence-corrected chi connectivity index (χ2v) is 7.59. The molecule has 7 heteroatoms. The monoisotopic (exact) mass is 420 g/mol. The minimum atomic E-state index is -0.302. The average Bonchev–Trinajstić information content (AvgIpc) is 3.06. The maximum Gasteiger partial charge on any atom is 0.368 e. The third-order valence-corrected chi connectivity index (χ3v) is 5.28. The van der Waals surface area contributed by atoms with Gasteiger partial charge in [0.05, 0.1) is 5.69 Å². The quantitative estimate of drug-likeness (QED) is 0.477. The first kappa shape index (κ1) is 19.9. The van der Waals surface area contributed by atoms with E-state index in [0.717, 1.165) is 33.6 Å². The first-order valence-electron chi connectivity index (χ1n) is 9.51. The summed E-state index contributed by atoms with van der Waals surface area (Å²) in [6.45, 7) is 4.30. The summed E-state index contributed by atoms with van der Waals surface area (Å²) in [5, 5.41) is 8.48. The van der Waals surface area contributed by atoms with E-state index in [1.807, 2.05) is 68.4 Å². The lowest BCUT2D eigenvalue weighted by molar-refractivity contribution is 0.302. The highest BCUT2D eigenvalue weighted by Gasteiger charge is 2.14. The molecule has 4 aromatic rings. The van der Waals surface area contributed by atoms with E-state index in [9.17, 15) is 4.79 Å². The maximum absolute atomic E-state index is 12.3. The Morgan fingerprint density at radius 2 is 1.70 bits per heavy atom. The van der Waals surface area contributed by atoms with Gasteiger partial charge in [-0.05, 0) is 76.9 Å². The fourth-order valence-corrected chi connectivity index (χ4v) is 3.54. The van der Waals surface area contributed by atoms with Gasteiger partial charge in [0.2, 0.25) is 0 Å². The third-order valence-electron chi connectivity index (χ3n) is 5.04. The molecule has 0 radical (unpaired) electrons. The predicted octanol–water partition coefficient (Wildman–Crippen LogP) is 4.48. The number of nitrogens with zero attached hydrogens (tertiary/aromatic N) is 4. The third kappa shape index (κ3) is 3.86. The van der Waals surface area contributed by atoms with Crippen molar-refractivity contribution in [3.05, 3.63) is 92.9 Å². The summed E-state index contributed by atoms with van der Waals surface area (Å²) in [5.74, 6) is 0.779. The highest BCUT2D eigenvalue weighted by molar-refractivity contribution is 6.30. The minimum absolute atomic E-state index is 0.302. The number of ether oxygens (including phenoxy) is 1. The highest BCUT2D eigenvalue weighted by Crippen LogP contribution is 2.29. The maximum atomic E-state index is 12.3. The van der Waals surface area contributed by atoms with Crippen molar-refractivity contribution in [2.24, 2.45) is 7.05 Å². The zero-order valence-electron chi connectivity index (χ0n) is 17.0. The molecule has 0 N–H and O–H groups in total. The largest absolute Gasteiger partial charge is 0.489 e. The summed E-state index contributed by atoms with van der Waals surface area (Å²) in [7, 11) is 1.57. The number of hydrogen-bond acceptors (Lipinski definition) is 4. The molecule has 30 heavy (non-hydrogen) atoms. The van der Waals surface area contributed by atoms with Crippen molar-refractivity contribution in [3.8, 4) is 22.6 Å². The molecule has 152 valence electrons. The molecule has 0 aliphatic heterocycles. The van der Waals surface area contributed by atoms with Crippen molar-refractivity contribution >= 4 is 11.6 Å². The smallest absolute Gasteiger partial charge is 0.368 e. The van der Waals surface area contributed by atoms with Crippen LogP contribution in [0.1, 0.15) is 16.7 Å². The molecule has 0 fully saturated rings. The Kier molecular flexibility index (Phi) is 5.42. The second-order valence-electron chi connectivity index (χ2n) is 7.15. The Morgan fingerprint density at radius 1 is 0.933 bits per heavy atom. The van der Waals surface area contributed by atoms with E-state index in [0.29, 0.717) is 17.3 Å². The van der Waals surface area contributed by atoms with Crippen LogP contribution in [0.3, 0.4) is 0 Å². The Hall–Kier alpha value is -3.38. The lowest BCUT2D eigenvalue weighted by Gasteiger charge is -2.15. The molecule has 4 rings (SSSR count). The van der Waals surface area contributed by atoms with Gasteiger partial charge < -0.3 is 4.74 Å². The summed E-state index contributed by atoms with van der Waals surface area (Å²) < 4.78 is 8.62. The molecule has 0 atom stereocenters. The van der Waals surface area contributed by atoms with Crippen LogP contribution in [0.25, 0.3) is 16.8 Å². The van der Waals surface area contributed by atoms with Crippen LogP contribution in [0.15, 0.2) is 65.5 Å². The van der Waals surface area contributed by atoms with Crippen molar-refractivity contribution in [3.63, 3.8) is 0 Å². The molecule has 3 aromatic carbocycles. The van der Waals surface area contributed by atoms with Gasteiger partial charge in [0.1, 0.15) is 12.4 Å². The van der Waals surface area contributed by atoms with Gasteiger partial charge in [-0.25, -0.2) is 4.79 Å². The van der Waals surface area contributed by atoms with E-state index < -0.39 is 0 Å². The summed E-state index contributed by atoms with van der Waals surface area (Å²) in [6, 6.07) is 19.5. The van der Waals surface area contributed by atoms with Gasteiger partial charge >= 0.3 is 5.69 Å². The normalized spacial score (nSPS) is 10.9. The van der Waals surface area contributed by atoms with Gasteiger partial charge in [0.25, 0.3) is 0 Å². The van der Waals surface area contributed by atoms with Crippen LogP contribution in [-0.2, 0) is 13.7 Å². The summed E-state index contributed by atoms with van der Waals surface area (Å²) in [6.07, 6.45) is 0. The fraction of sp³-hybridized carbons (Fsp3) is 0.174. The van der Waals surface area contributed by atoms with Crippen LogP contribution in [0.4, 0.5) is 0 Å². The van der Waals surface area contributed by atoms with Gasteiger partial charge in [-0.2, -0.15) is 9.36 Å². The Labute approximate surface area is 179 Å². The first-order chi connectivity index (χ1) is 14.4. The summed E-state index contributed by atoms with van der Waals surface area (Å²) in [4.78, 5) is 12.3. The molecular formula is C23H21ClN4O2. The highest BCUT2D eigenvalue weighted by atomic mass is 35.5. The number of tetrazole rings is 1. The first-order valence-corrected chi connectivity index (χ1v) is 9.89. The molecular weight excluding hydrogens is 400 g/mol. The summed E-state index contributed by atoms with van der Waals surface area (Å²) in [5.41, 5.74) is 5.41. The number of hydrogen-bond donors (Lipinski definition) is 0. The van der Waals surface area contributed by atoms with Crippen molar-refractivity contribution < 1.29 is 4.74 Å². The number of benzene rings is 3. The number of aromatic nitrogens is 4. The number of halogens is 1. The minimum Gasteiger partial charge on any atom is -0.489 e. The zero-order chi connectivity index (χ0) is 21.3. The average molecular weight is 421 g/mol. The standard InChI is InChI=1S/C23H21ClN4O2/c1-15-6-4-9-21(28-23(29)27(3)25-26-28)20(15)14-30-22-11-10-18(12-16(22)2)17-7-5-8-19(24)13-17/h4-13H,14H2,1-3H3. The zero-order valence-corrected chi connectivity index (χ0v) is 17.7. The lowest BCUT2D eigenvalue weighted by Crippen LogP contribution is -2.23. The molecule has 1 aromatic heterocycles. The number of rotatable bonds is 5. The van der Waals surface area contributed by atoms with Crippen molar-refractivity contribution in [2.45, 2.75) is 20.5 Å². The topological polar surface area (TPSA) is 61.9 Å². The van der Waals surface area contributed by atoms with Crippen molar-refractivity contribution in [2.75, 3.05) is 0 Å².